The summed E-state index contributed by atoms with van der Waals surface area (Å²) in [6.45, 7) is 1.86. The number of benzene rings is 1. The standard InChI is InChI=1S/C17H12BrF3N2O2/c1-8-10(7-22)14(15-13(23-8)4-5-25-16(15)24)9-2-3-12(18)11(6-9)17(19,20)21/h2-3,6,14,23H,4-5H2,1H3. The summed E-state index contributed by atoms with van der Waals surface area (Å²) in [4.78, 5) is 12.2. The van der Waals surface area contributed by atoms with Gasteiger partial charge in [0.05, 0.1) is 35.3 Å². The fourth-order valence-corrected chi connectivity index (χ4v) is 3.55. The van der Waals surface area contributed by atoms with Gasteiger partial charge < -0.3 is 10.1 Å². The highest BCUT2D eigenvalue weighted by Gasteiger charge is 2.39. The molecule has 0 bridgehead atoms. The summed E-state index contributed by atoms with van der Waals surface area (Å²) >= 11 is 2.90. The third kappa shape index (κ3) is 3.04. The van der Waals surface area contributed by atoms with E-state index in [1.54, 1.807) is 6.92 Å². The molecule has 25 heavy (non-hydrogen) atoms. The van der Waals surface area contributed by atoms with Crippen LogP contribution < -0.4 is 5.32 Å². The van der Waals surface area contributed by atoms with Crippen LogP contribution in [0.1, 0.15) is 30.4 Å². The molecule has 0 aliphatic carbocycles. The second-order valence-electron chi connectivity index (χ2n) is 5.72. The minimum Gasteiger partial charge on any atom is -0.462 e. The Morgan fingerprint density at radius 1 is 1.40 bits per heavy atom. The second-order valence-corrected chi connectivity index (χ2v) is 6.58. The zero-order valence-corrected chi connectivity index (χ0v) is 14.6. The predicted octanol–water partition coefficient (Wildman–Crippen LogP) is 4.15. The highest BCUT2D eigenvalue weighted by molar-refractivity contribution is 9.10. The maximum absolute atomic E-state index is 13.2. The highest BCUT2D eigenvalue weighted by atomic mass is 79.9. The minimum atomic E-state index is -4.56. The molecule has 1 aromatic carbocycles. The van der Waals surface area contributed by atoms with E-state index in [0.29, 0.717) is 17.8 Å². The molecule has 2 aliphatic rings. The fraction of sp³-hybridized carbons (Fsp3) is 0.294. The molecule has 0 saturated heterocycles. The first-order valence-corrected chi connectivity index (χ1v) is 8.18. The van der Waals surface area contributed by atoms with E-state index in [-0.39, 0.29) is 27.8 Å². The van der Waals surface area contributed by atoms with Crippen LogP contribution in [0.2, 0.25) is 0 Å². The fourth-order valence-electron chi connectivity index (χ4n) is 3.08. The molecule has 0 amide bonds. The van der Waals surface area contributed by atoms with Gasteiger partial charge in [-0.25, -0.2) is 4.79 Å². The number of alkyl halides is 3. The molecule has 0 aromatic heterocycles. The molecule has 0 saturated carbocycles. The molecule has 0 spiro atoms. The number of allylic oxidation sites excluding steroid dienone is 2. The van der Waals surface area contributed by atoms with Crippen LogP contribution in [-0.4, -0.2) is 12.6 Å². The van der Waals surface area contributed by atoms with E-state index < -0.39 is 23.6 Å². The Morgan fingerprint density at radius 3 is 2.76 bits per heavy atom. The highest BCUT2D eigenvalue weighted by Crippen LogP contribution is 2.43. The van der Waals surface area contributed by atoms with Crippen molar-refractivity contribution in [1.29, 1.82) is 5.26 Å². The number of ether oxygens (including phenoxy) is 1. The number of esters is 1. The molecule has 130 valence electrons. The number of nitrogens with one attached hydrogen (secondary N) is 1. The average molecular weight is 413 g/mol. The van der Waals surface area contributed by atoms with Crippen molar-refractivity contribution >= 4 is 21.9 Å². The monoisotopic (exact) mass is 412 g/mol. The normalized spacial score (nSPS) is 20.6. The van der Waals surface area contributed by atoms with Gasteiger partial charge in [-0.1, -0.05) is 22.0 Å². The average Bonchev–Trinajstić information content (AvgIpc) is 2.53. The van der Waals surface area contributed by atoms with Gasteiger partial charge in [0.1, 0.15) is 0 Å². The van der Waals surface area contributed by atoms with Crippen LogP contribution in [0.4, 0.5) is 13.2 Å². The Bertz CT molecular complexity index is 866. The van der Waals surface area contributed by atoms with Gasteiger partial charge in [-0.15, -0.1) is 0 Å². The summed E-state index contributed by atoms with van der Waals surface area (Å²) in [7, 11) is 0. The summed E-state index contributed by atoms with van der Waals surface area (Å²) in [6.07, 6.45) is -4.13. The van der Waals surface area contributed by atoms with Crippen molar-refractivity contribution in [2.45, 2.75) is 25.4 Å². The lowest BCUT2D eigenvalue weighted by atomic mass is 9.79. The molecule has 8 heteroatoms. The molecule has 2 aliphatic heterocycles. The van der Waals surface area contributed by atoms with Crippen molar-refractivity contribution in [3.05, 3.63) is 56.3 Å². The second kappa shape index (κ2) is 6.23. The molecule has 4 nitrogen and oxygen atoms in total. The zero-order valence-electron chi connectivity index (χ0n) is 13.0. The van der Waals surface area contributed by atoms with Crippen LogP contribution in [0.5, 0.6) is 0 Å². The number of carbonyl (C=O) groups excluding carboxylic acids is 1. The number of halogens is 4. The van der Waals surface area contributed by atoms with Gasteiger partial charge in [0.2, 0.25) is 0 Å². The Morgan fingerprint density at radius 2 is 2.12 bits per heavy atom. The van der Waals surface area contributed by atoms with E-state index in [2.05, 4.69) is 21.2 Å². The van der Waals surface area contributed by atoms with E-state index in [1.807, 2.05) is 6.07 Å². The maximum Gasteiger partial charge on any atom is 0.417 e. The third-order valence-electron chi connectivity index (χ3n) is 4.20. The molecule has 3 rings (SSSR count). The lowest BCUT2D eigenvalue weighted by Crippen LogP contribution is -2.33. The number of hydrogen-bond acceptors (Lipinski definition) is 4. The van der Waals surface area contributed by atoms with Crippen LogP contribution in [-0.2, 0) is 15.7 Å². The quantitative estimate of drug-likeness (QED) is 0.703. The topological polar surface area (TPSA) is 62.1 Å². The summed E-state index contributed by atoms with van der Waals surface area (Å²) in [5, 5.41) is 12.5. The van der Waals surface area contributed by atoms with Gasteiger partial charge in [-0.05, 0) is 24.6 Å². The van der Waals surface area contributed by atoms with E-state index in [4.69, 9.17) is 4.74 Å². The molecule has 1 unspecified atom stereocenters. The molecular weight excluding hydrogens is 401 g/mol. The number of cyclic esters (lactones) is 1. The van der Waals surface area contributed by atoms with Crippen molar-refractivity contribution in [2.75, 3.05) is 6.61 Å². The Balaban J connectivity index is 2.21. The first kappa shape index (κ1) is 17.5. The molecular formula is C17H12BrF3N2O2. The van der Waals surface area contributed by atoms with Gasteiger partial charge in [-0.2, -0.15) is 18.4 Å². The first-order chi connectivity index (χ1) is 11.7. The SMILES string of the molecule is CC1=C(C#N)C(c2ccc(Br)c(C(F)(F)F)c2)C2=C(CCOC2=O)N1. The van der Waals surface area contributed by atoms with Crippen LogP contribution in [0.15, 0.2) is 45.2 Å². The molecule has 0 radical (unpaired) electrons. The third-order valence-corrected chi connectivity index (χ3v) is 4.89. The predicted molar refractivity (Wildman–Crippen MR) is 85.9 cm³/mol. The molecule has 0 fully saturated rings. The van der Waals surface area contributed by atoms with Crippen molar-refractivity contribution < 1.29 is 22.7 Å². The van der Waals surface area contributed by atoms with Crippen molar-refractivity contribution in [3.8, 4) is 6.07 Å². The largest absolute Gasteiger partial charge is 0.462 e. The number of nitrogens with zero attached hydrogens (tertiary/aromatic N) is 1. The Hall–Kier alpha value is -2.27. The van der Waals surface area contributed by atoms with Gasteiger partial charge in [-0.3, -0.25) is 0 Å². The number of rotatable bonds is 1. The smallest absolute Gasteiger partial charge is 0.417 e. The van der Waals surface area contributed by atoms with Gasteiger partial charge >= 0.3 is 12.1 Å². The summed E-state index contributed by atoms with van der Waals surface area (Å²) in [5.74, 6) is -1.50. The van der Waals surface area contributed by atoms with E-state index >= 15 is 0 Å². The zero-order chi connectivity index (χ0) is 18.4. The lowest BCUT2D eigenvalue weighted by molar-refractivity contribution is -0.140. The number of hydrogen-bond donors (Lipinski definition) is 1. The molecule has 1 atom stereocenters. The van der Waals surface area contributed by atoms with Crippen LogP contribution in [0.25, 0.3) is 0 Å². The molecule has 2 heterocycles. The Labute approximate surface area is 150 Å². The van der Waals surface area contributed by atoms with Crippen molar-refractivity contribution in [2.24, 2.45) is 0 Å². The van der Waals surface area contributed by atoms with Crippen LogP contribution in [0.3, 0.4) is 0 Å². The van der Waals surface area contributed by atoms with E-state index in [0.717, 1.165) is 6.07 Å². The number of nitriles is 1. The van der Waals surface area contributed by atoms with Gasteiger partial charge in [0, 0.05) is 22.3 Å². The Kier molecular flexibility index (Phi) is 4.37. The number of dihydropyridines is 1. The number of carbonyl (C=O) groups is 1. The van der Waals surface area contributed by atoms with Crippen LogP contribution >= 0.6 is 15.9 Å². The lowest BCUT2D eigenvalue weighted by Gasteiger charge is -2.32. The van der Waals surface area contributed by atoms with E-state index in [1.165, 1.54) is 12.1 Å². The van der Waals surface area contributed by atoms with Gasteiger partial charge in [0.25, 0.3) is 0 Å². The van der Waals surface area contributed by atoms with Crippen molar-refractivity contribution in [3.63, 3.8) is 0 Å². The van der Waals surface area contributed by atoms with E-state index in [9.17, 15) is 23.2 Å². The summed E-state index contributed by atoms with van der Waals surface area (Å²) < 4.78 is 44.7. The van der Waals surface area contributed by atoms with Gasteiger partial charge in [0.15, 0.2) is 0 Å². The first-order valence-electron chi connectivity index (χ1n) is 7.38. The van der Waals surface area contributed by atoms with Crippen molar-refractivity contribution in [1.82, 2.24) is 5.32 Å². The summed E-state index contributed by atoms with van der Waals surface area (Å²) in [6, 6.07) is 5.74. The minimum absolute atomic E-state index is 0.0997. The molecule has 1 aromatic rings. The maximum atomic E-state index is 13.2. The summed E-state index contributed by atoms with van der Waals surface area (Å²) in [5.41, 5.74) is 0.882. The van der Waals surface area contributed by atoms with Crippen LogP contribution in [0, 0.1) is 11.3 Å². The molecule has 1 N–H and O–H groups in total.